The highest BCUT2D eigenvalue weighted by Crippen LogP contribution is 2.22. The van der Waals surface area contributed by atoms with E-state index >= 15 is 0 Å². The van der Waals surface area contributed by atoms with Crippen molar-refractivity contribution in [2.75, 3.05) is 13.7 Å². The standard InChI is InChI=1S/C18H29NO2/c1-3-4-5-12-21-17-9-6-15(7-10-17)14-19-16-8-11-18(13-16)20-2/h6-7,9-10,16,18-19H,3-5,8,11-14H2,1-2H3. The summed E-state index contributed by atoms with van der Waals surface area (Å²) in [4.78, 5) is 0. The SMILES string of the molecule is CCCCCOc1ccc(CNC2CCC(OC)C2)cc1. The summed E-state index contributed by atoms with van der Waals surface area (Å²) < 4.78 is 11.1. The van der Waals surface area contributed by atoms with Gasteiger partial charge in [-0.1, -0.05) is 31.9 Å². The van der Waals surface area contributed by atoms with E-state index in [2.05, 4.69) is 36.5 Å². The zero-order valence-corrected chi connectivity index (χ0v) is 13.4. The number of unbranched alkanes of at least 4 members (excludes halogenated alkanes) is 2. The molecule has 0 aromatic heterocycles. The van der Waals surface area contributed by atoms with Gasteiger partial charge in [-0.25, -0.2) is 0 Å². The summed E-state index contributed by atoms with van der Waals surface area (Å²) in [7, 11) is 1.81. The maximum Gasteiger partial charge on any atom is 0.119 e. The van der Waals surface area contributed by atoms with Gasteiger partial charge < -0.3 is 14.8 Å². The minimum absolute atomic E-state index is 0.446. The molecule has 1 N–H and O–H groups in total. The molecular weight excluding hydrogens is 262 g/mol. The maximum absolute atomic E-state index is 5.73. The number of hydrogen-bond donors (Lipinski definition) is 1. The van der Waals surface area contributed by atoms with E-state index in [-0.39, 0.29) is 0 Å². The highest BCUT2D eigenvalue weighted by molar-refractivity contribution is 5.27. The lowest BCUT2D eigenvalue weighted by Crippen LogP contribution is -2.26. The van der Waals surface area contributed by atoms with Crippen LogP contribution in [0.25, 0.3) is 0 Å². The van der Waals surface area contributed by atoms with Crippen LogP contribution in [0.2, 0.25) is 0 Å². The van der Waals surface area contributed by atoms with Crippen molar-refractivity contribution in [3.8, 4) is 5.75 Å². The molecule has 3 nitrogen and oxygen atoms in total. The third kappa shape index (κ3) is 5.68. The predicted molar refractivity (Wildman–Crippen MR) is 86.7 cm³/mol. The number of ether oxygens (including phenoxy) is 2. The molecule has 1 aliphatic rings. The molecule has 0 bridgehead atoms. The Bertz CT molecular complexity index is 391. The van der Waals surface area contributed by atoms with E-state index < -0.39 is 0 Å². The van der Waals surface area contributed by atoms with Crippen LogP contribution < -0.4 is 10.1 Å². The van der Waals surface area contributed by atoms with Gasteiger partial charge in [0.05, 0.1) is 12.7 Å². The molecule has 3 heteroatoms. The lowest BCUT2D eigenvalue weighted by molar-refractivity contribution is 0.107. The summed E-state index contributed by atoms with van der Waals surface area (Å²) in [6.07, 6.45) is 7.60. The predicted octanol–water partition coefficient (Wildman–Crippen LogP) is 3.91. The minimum Gasteiger partial charge on any atom is -0.494 e. The first-order valence-corrected chi connectivity index (χ1v) is 8.29. The maximum atomic E-state index is 5.73. The number of benzene rings is 1. The highest BCUT2D eigenvalue weighted by atomic mass is 16.5. The lowest BCUT2D eigenvalue weighted by Gasteiger charge is -2.13. The molecule has 2 rings (SSSR count). The fourth-order valence-electron chi connectivity index (χ4n) is 2.85. The summed E-state index contributed by atoms with van der Waals surface area (Å²) in [5, 5.41) is 3.62. The number of nitrogens with one attached hydrogen (secondary N) is 1. The van der Waals surface area contributed by atoms with Crippen molar-refractivity contribution in [2.24, 2.45) is 0 Å². The minimum atomic E-state index is 0.446. The van der Waals surface area contributed by atoms with Crippen LogP contribution in [0.5, 0.6) is 5.75 Å². The lowest BCUT2D eigenvalue weighted by atomic mass is 10.2. The largest absolute Gasteiger partial charge is 0.494 e. The molecule has 0 heterocycles. The van der Waals surface area contributed by atoms with Gasteiger partial charge in [0.15, 0.2) is 0 Å². The second kappa shape index (κ2) is 9.06. The Balaban J connectivity index is 1.67. The van der Waals surface area contributed by atoms with Gasteiger partial charge in [0.1, 0.15) is 5.75 Å². The van der Waals surface area contributed by atoms with Crippen LogP contribution >= 0.6 is 0 Å². The van der Waals surface area contributed by atoms with E-state index in [0.717, 1.165) is 31.7 Å². The van der Waals surface area contributed by atoms with Crippen LogP contribution in [0.3, 0.4) is 0 Å². The molecule has 21 heavy (non-hydrogen) atoms. The van der Waals surface area contributed by atoms with E-state index in [0.29, 0.717) is 12.1 Å². The summed E-state index contributed by atoms with van der Waals surface area (Å²) in [5.74, 6) is 0.982. The number of hydrogen-bond acceptors (Lipinski definition) is 3. The molecule has 0 spiro atoms. The first-order chi connectivity index (χ1) is 10.3. The summed E-state index contributed by atoms with van der Waals surface area (Å²) in [6, 6.07) is 9.07. The molecule has 2 atom stereocenters. The molecule has 118 valence electrons. The van der Waals surface area contributed by atoms with Crippen LogP contribution in [0.4, 0.5) is 0 Å². The molecule has 0 amide bonds. The Morgan fingerprint density at radius 3 is 2.62 bits per heavy atom. The van der Waals surface area contributed by atoms with Crippen molar-refractivity contribution in [3.63, 3.8) is 0 Å². The van der Waals surface area contributed by atoms with E-state index in [9.17, 15) is 0 Å². The summed E-state index contributed by atoms with van der Waals surface area (Å²) in [5.41, 5.74) is 1.32. The van der Waals surface area contributed by atoms with E-state index in [1.54, 1.807) is 0 Å². The van der Waals surface area contributed by atoms with Gasteiger partial charge in [0.2, 0.25) is 0 Å². The van der Waals surface area contributed by atoms with Crippen molar-refractivity contribution < 1.29 is 9.47 Å². The second-order valence-corrected chi connectivity index (χ2v) is 5.95. The zero-order valence-electron chi connectivity index (χ0n) is 13.4. The van der Waals surface area contributed by atoms with Gasteiger partial charge in [-0.2, -0.15) is 0 Å². The molecule has 1 aliphatic carbocycles. The molecule has 1 fully saturated rings. The van der Waals surface area contributed by atoms with Gasteiger partial charge in [0, 0.05) is 19.7 Å². The Morgan fingerprint density at radius 2 is 1.95 bits per heavy atom. The summed E-state index contributed by atoms with van der Waals surface area (Å²) in [6.45, 7) is 3.96. The van der Waals surface area contributed by atoms with Crippen molar-refractivity contribution in [1.29, 1.82) is 0 Å². The van der Waals surface area contributed by atoms with Gasteiger partial charge >= 0.3 is 0 Å². The van der Waals surface area contributed by atoms with Crippen LogP contribution in [0.1, 0.15) is 51.0 Å². The Hall–Kier alpha value is -1.06. The highest BCUT2D eigenvalue weighted by Gasteiger charge is 2.23. The van der Waals surface area contributed by atoms with Gasteiger partial charge in [0.25, 0.3) is 0 Å². The molecule has 0 aliphatic heterocycles. The third-order valence-electron chi connectivity index (χ3n) is 4.25. The van der Waals surface area contributed by atoms with Gasteiger partial charge in [-0.05, 0) is 43.4 Å². The average molecular weight is 291 g/mol. The van der Waals surface area contributed by atoms with Gasteiger partial charge in [-0.15, -0.1) is 0 Å². The molecule has 0 radical (unpaired) electrons. The summed E-state index contributed by atoms with van der Waals surface area (Å²) >= 11 is 0. The van der Waals surface area contributed by atoms with Crippen molar-refractivity contribution >= 4 is 0 Å². The van der Waals surface area contributed by atoms with E-state index in [1.807, 2.05) is 7.11 Å². The molecule has 2 unspecified atom stereocenters. The molecule has 1 aromatic rings. The molecule has 1 saturated carbocycles. The van der Waals surface area contributed by atoms with Crippen molar-refractivity contribution in [1.82, 2.24) is 5.32 Å². The molecular formula is C18H29NO2. The van der Waals surface area contributed by atoms with Crippen LogP contribution in [-0.4, -0.2) is 25.9 Å². The Morgan fingerprint density at radius 1 is 1.14 bits per heavy atom. The molecule has 1 aromatic carbocycles. The first kappa shape index (κ1) is 16.3. The average Bonchev–Trinajstić information content (AvgIpc) is 2.99. The monoisotopic (exact) mass is 291 g/mol. The van der Waals surface area contributed by atoms with Gasteiger partial charge in [-0.3, -0.25) is 0 Å². The molecule has 0 saturated heterocycles. The number of rotatable bonds is 9. The zero-order chi connectivity index (χ0) is 14.9. The topological polar surface area (TPSA) is 30.5 Å². The van der Waals surface area contributed by atoms with Crippen molar-refractivity contribution in [3.05, 3.63) is 29.8 Å². The first-order valence-electron chi connectivity index (χ1n) is 8.29. The van der Waals surface area contributed by atoms with E-state index in [1.165, 1.54) is 31.2 Å². The van der Waals surface area contributed by atoms with Crippen LogP contribution in [0, 0.1) is 0 Å². The quantitative estimate of drug-likeness (QED) is 0.700. The van der Waals surface area contributed by atoms with Crippen LogP contribution in [0.15, 0.2) is 24.3 Å². The van der Waals surface area contributed by atoms with Crippen LogP contribution in [-0.2, 0) is 11.3 Å². The fraction of sp³-hybridized carbons (Fsp3) is 0.667. The third-order valence-corrected chi connectivity index (χ3v) is 4.25. The normalized spacial score (nSPS) is 21.6. The Labute approximate surface area is 129 Å². The second-order valence-electron chi connectivity index (χ2n) is 5.95. The van der Waals surface area contributed by atoms with E-state index in [4.69, 9.17) is 9.47 Å². The number of methoxy groups -OCH3 is 1. The van der Waals surface area contributed by atoms with Crippen molar-refractivity contribution in [2.45, 2.75) is 64.1 Å². The fourth-order valence-corrected chi connectivity index (χ4v) is 2.85. The smallest absolute Gasteiger partial charge is 0.119 e. The Kier molecular flexibility index (Phi) is 7.04.